The van der Waals surface area contributed by atoms with E-state index in [-0.39, 0.29) is 0 Å². The van der Waals surface area contributed by atoms with Gasteiger partial charge >= 0.3 is 0 Å². The van der Waals surface area contributed by atoms with Crippen molar-refractivity contribution in [2.45, 2.75) is 13.5 Å². The van der Waals surface area contributed by atoms with Crippen molar-refractivity contribution >= 4 is 48.3 Å². The van der Waals surface area contributed by atoms with Crippen molar-refractivity contribution < 1.29 is 0 Å². The van der Waals surface area contributed by atoms with Crippen LogP contribution in [0.2, 0.25) is 0 Å². The zero-order valence-corrected chi connectivity index (χ0v) is 14.8. The fraction of sp³-hybridized carbons (Fsp3) is 0.111. The fourth-order valence-corrected chi connectivity index (χ4v) is 3.26. The van der Waals surface area contributed by atoms with Crippen molar-refractivity contribution in [3.63, 3.8) is 0 Å². The van der Waals surface area contributed by atoms with Crippen LogP contribution in [0.4, 0.5) is 5.69 Å². The molecule has 0 fully saturated rings. The number of hydrogen-bond donors (Lipinski definition) is 1. The first-order valence-corrected chi connectivity index (χ1v) is 8.40. The van der Waals surface area contributed by atoms with E-state index in [0.29, 0.717) is 0 Å². The van der Waals surface area contributed by atoms with Gasteiger partial charge in [0.1, 0.15) is 0 Å². The van der Waals surface area contributed by atoms with E-state index in [2.05, 4.69) is 98.7 Å². The van der Waals surface area contributed by atoms with Gasteiger partial charge in [0.05, 0.1) is 0 Å². The average Bonchev–Trinajstić information content (AvgIpc) is 2.50. The summed E-state index contributed by atoms with van der Waals surface area (Å²) in [6, 6.07) is 19.1. The van der Waals surface area contributed by atoms with Gasteiger partial charge in [0, 0.05) is 26.6 Å². The Morgan fingerprint density at radius 2 is 1.62 bits per heavy atom. The van der Waals surface area contributed by atoms with Gasteiger partial charge in [-0.15, -0.1) is 0 Å². The lowest BCUT2D eigenvalue weighted by molar-refractivity contribution is 1.14. The highest BCUT2D eigenvalue weighted by atomic mass is 79.9. The highest BCUT2D eigenvalue weighted by Crippen LogP contribution is 2.30. The van der Waals surface area contributed by atoms with Crippen LogP contribution in [-0.2, 0) is 6.54 Å². The van der Waals surface area contributed by atoms with Crippen molar-refractivity contribution in [2.24, 2.45) is 0 Å². The second kappa shape index (κ2) is 6.20. The molecular formula is C18H15Br2N. The van der Waals surface area contributed by atoms with E-state index >= 15 is 0 Å². The molecular weight excluding hydrogens is 390 g/mol. The number of fused-ring (bicyclic) bond motifs is 1. The molecule has 0 unspecified atom stereocenters. The number of anilines is 1. The number of benzene rings is 3. The summed E-state index contributed by atoms with van der Waals surface area (Å²) in [4.78, 5) is 0. The maximum atomic E-state index is 3.61. The largest absolute Gasteiger partial charge is 0.380 e. The molecule has 0 aliphatic rings. The molecule has 0 aromatic heterocycles. The van der Waals surface area contributed by atoms with Crippen LogP contribution in [0, 0.1) is 6.92 Å². The van der Waals surface area contributed by atoms with E-state index in [1.807, 2.05) is 0 Å². The first kappa shape index (κ1) is 14.6. The lowest BCUT2D eigenvalue weighted by Crippen LogP contribution is -2.00. The zero-order chi connectivity index (χ0) is 14.8. The van der Waals surface area contributed by atoms with Crippen LogP contribution in [-0.4, -0.2) is 0 Å². The van der Waals surface area contributed by atoms with Gasteiger partial charge in [-0.1, -0.05) is 68.3 Å². The van der Waals surface area contributed by atoms with Gasteiger partial charge in [0.15, 0.2) is 0 Å². The minimum atomic E-state index is 0.810. The van der Waals surface area contributed by atoms with Crippen LogP contribution >= 0.6 is 31.9 Å². The van der Waals surface area contributed by atoms with Crippen LogP contribution in [0.1, 0.15) is 11.1 Å². The molecule has 1 nitrogen and oxygen atoms in total. The quantitative estimate of drug-likeness (QED) is 0.541. The predicted molar refractivity (Wildman–Crippen MR) is 97.9 cm³/mol. The lowest BCUT2D eigenvalue weighted by Gasteiger charge is -2.12. The Morgan fingerprint density at radius 3 is 2.38 bits per heavy atom. The maximum Gasteiger partial charge on any atom is 0.0423 e. The molecule has 0 aliphatic carbocycles. The number of hydrogen-bond acceptors (Lipinski definition) is 1. The molecule has 21 heavy (non-hydrogen) atoms. The Balaban J connectivity index is 1.88. The van der Waals surface area contributed by atoms with Crippen molar-refractivity contribution in [1.82, 2.24) is 0 Å². The van der Waals surface area contributed by atoms with Crippen LogP contribution < -0.4 is 5.32 Å². The van der Waals surface area contributed by atoms with E-state index in [9.17, 15) is 0 Å². The molecule has 0 saturated carbocycles. The minimum absolute atomic E-state index is 0.810. The lowest BCUT2D eigenvalue weighted by atomic mass is 10.1. The van der Waals surface area contributed by atoms with Gasteiger partial charge in [-0.2, -0.15) is 0 Å². The number of nitrogens with one attached hydrogen (secondary N) is 1. The standard InChI is InChI=1S/C18H15Br2N/c1-12-6-7-13(10-17(12)20)11-21-18-9-8-16(19)14-4-2-3-5-15(14)18/h2-10,21H,11H2,1H3. The molecule has 0 heterocycles. The van der Waals surface area contributed by atoms with Crippen molar-refractivity contribution in [3.8, 4) is 0 Å². The van der Waals surface area contributed by atoms with Gasteiger partial charge in [-0.25, -0.2) is 0 Å². The summed E-state index contributed by atoms with van der Waals surface area (Å²) >= 11 is 7.20. The Bertz CT molecular complexity index is 796. The van der Waals surface area contributed by atoms with E-state index in [4.69, 9.17) is 0 Å². The highest BCUT2D eigenvalue weighted by Gasteiger charge is 2.04. The number of rotatable bonds is 3. The van der Waals surface area contributed by atoms with E-state index in [0.717, 1.165) is 21.2 Å². The second-order valence-corrected chi connectivity index (χ2v) is 6.79. The summed E-state index contributed by atoms with van der Waals surface area (Å²) in [7, 11) is 0. The molecule has 3 rings (SSSR count). The topological polar surface area (TPSA) is 12.0 Å². The molecule has 0 aliphatic heterocycles. The summed E-state index contributed by atoms with van der Waals surface area (Å²) in [6.07, 6.45) is 0. The van der Waals surface area contributed by atoms with Gasteiger partial charge in [0.25, 0.3) is 0 Å². The molecule has 0 amide bonds. The van der Waals surface area contributed by atoms with Crippen molar-refractivity contribution in [2.75, 3.05) is 5.32 Å². The van der Waals surface area contributed by atoms with E-state index in [1.165, 1.54) is 21.9 Å². The molecule has 0 saturated heterocycles. The summed E-state index contributed by atoms with van der Waals surface area (Å²) in [6.45, 7) is 2.91. The van der Waals surface area contributed by atoms with Crippen LogP contribution in [0.5, 0.6) is 0 Å². The smallest absolute Gasteiger partial charge is 0.0423 e. The first-order valence-electron chi connectivity index (χ1n) is 6.81. The normalized spacial score (nSPS) is 10.8. The molecule has 3 aromatic rings. The second-order valence-electron chi connectivity index (χ2n) is 5.08. The SMILES string of the molecule is Cc1ccc(CNc2ccc(Br)c3ccccc23)cc1Br. The third-order valence-electron chi connectivity index (χ3n) is 3.59. The van der Waals surface area contributed by atoms with Gasteiger partial charge in [-0.05, 0) is 41.6 Å². The number of halogens is 2. The van der Waals surface area contributed by atoms with Crippen molar-refractivity contribution in [3.05, 3.63) is 74.7 Å². The molecule has 3 heteroatoms. The van der Waals surface area contributed by atoms with Crippen LogP contribution in [0.3, 0.4) is 0 Å². The van der Waals surface area contributed by atoms with E-state index in [1.54, 1.807) is 0 Å². The zero-order valence-electron chi connectivity index (χ0n) is 11.7. The number of aryl methyl sites for hydroxylation is 1. The van der Waals surface area contributed by atoms with Gasteiger partial charge < -0.3 is 5.32 Å². The third-order valence-corrected chi connectivity index (χ3v) is 5.14. The molecule has 106 valence electrons. The summed E-state index contributed by atoms with van der Waals surface area (Å²) in [5, 5.41) is 6.00. The minimum Gasteiger partial charge on any atom is -0.380 e. The molecule has 0 bridgehead atoms. The van der Waals surface area contributed by atoms with Gasteiger partial charge in [-0.3, -0.25) is 0 Å². The summed E-state index contributed by atoms with van der Waals surface area (Å²) in [5.74, 6) is 0. The van der Waals surface area contributed by atoms with Gasteiger partial charge in [0.2, 0.25) is 0 Å². The first-order chi connectivity index (χ1) is 10.1. The fourth-order valence-electron chi connectivity index (χ4n) is 2.36. The Kier molecular flexibility index (Phi) is 4.32. The Hall–Kier alpha value is -1.32. The third kappa shape index (κ3) is 3.14. The highest BCUT2D eigenvalue weighted by molar-refractivity contribution is 9.11. The summed E-state index contributed by atoms with van der Waals surface area (Å²) in [5.41, 5.74) is 3.68. The molecule has 0 radical (unpaired) electrons. The summed E-state index contributed by atoms with van der Waals surface area (Å²) < 4.78 is 2.28. The molecule has 3 aromatic carbocycles. The molecule has 0 spiro atoms. The molecule has 0 atom stereocenters. The maximum absolute atomic E-state index is 3.61. The Morgan fingerprint density at radius 1 is 0.857 bits per heavy atom. The van der Waals surface area contributed by atoms with E-state index < -0.39 is 0 Å². The van der Waals surface area contributed by atoms with Crippen LogP contribution in [0.15, 0.2) is 63.5 Å². The Labute approximate surface area is 141 Å². The predicted octanol–water partition coefficient (Wildman–Crippen LogP) is 6.29. The van der Waals surface area contributed by atoms with Crippen LogP contribution in [0.25, 0.3) is 10.8 Å². The monoisotopic (exact) mass is 403 g/mol. The average molecular weight is 405 g/mol. The van der Waals surface area contributed by atoms with Crippen molar-refractivity contribution in [1.29, 1.82) is 0 Å². The molecule has 1 N–H and O–H groups in total.